The van der Waals surface area contributed by atoms with E-state index in [1.807, 2.05) is 0 Å². The molecule has 2 aromatic heterocycles. The van der Waals surface area contributed by atoms with Crippen molar-refractivity contribution >= 4 is 11.8 Å². The number of carbonyl (C=O) groups excluding carboxylic acids is 2. The van der Waals surface area contributed by atoms with Crippen molar-refractivity contribution < 1.29 is 32.0 Å². The third-order valence-electron chi connectivity index (χ3n) is 4.56. The second-order valence-corrected chi connectivity index (χ2v) is 7.08. The van der Waals surface area contributed by atoms with E-state index in [0.29, 0.717) is 5.56 Å². The van der Waals surface area contributed by atoms with Crippen molar-refractivity contribution in [3.63, 3.8) is 0 Å². The summed E-state index contributed by atoms with van der Waals surface area (Å²) in [5, 5.41) is 8.57. The minimum Gasteiger partial charge on any atom is -0.484 e. The summed E-state index contributed by atoms with van der Waals surface area (Å²) in [5.41, 5.74) is -1.40. The lowest BCUT2D eigenvalue weighted by Gasteiger charge is -2.25. The van der Waals surface area contributed by atoms with Crippen molar-refractivity contribution in [2.45, 2.75) is 44.3 Å². The Labute approximate surface area is 169 Å². The summed E-state index contributed by atoms with van der Waals surface area (Å²) in [7, 11) is 1.37. The number of rotatable bonds is 7. The topological polar surface area (TPSA) is 119 Å². The van der Waals surface area contributed by atoms with E-state index >= 15 is 0 Å². The lowest BCUT2D eigenvalue weighted by Crippen LogP contribution is -2.54. The van der Waals surface area contributed by atoms with E-state index in [2.05, 4.69) is 25.8 Å². The second kappa shape index (κ2) is 7.92. The highest BCUT2D eigenvalue weighted by Crippen LogP contribution is 2.44. The molecule has 0 unspecified atom stereocenters. The lowest BCUT2D eigenvalue weighted by molar-refractivity contribution is -0.153. The van der Waals surface area contributed by atoms with E-state index in [1.165, 1.54) is 27.1 Å². The monoisotopic (exact) mass is 427 g/mol. The van der Waals surface area contributed by atoms with Gasteiger partial charge >= 0.3 is 6.18 Å². The van der Waals surface area contributed by atoms with E-state index in [4.69, 9.17) is 9.26 Å². The quantitative estimate of drug-likeness (QED) is 0.693. The summed E-state index contributed by atoms with van der Waals surface area (Å²) in [6.07, 6.45) is -1.59. The molecule has 2 heterocycles. The van der Waals surface area contributed by atoms with Crippen molar-refractivity contribution in [2.75, 3.05) is 13.7 Å². The third-order valence-corrected chi connectivity index (χ3v) is 4.56. The van der Waals surface area contributed by atoms with Crippen molar-refractivity contribution in [1.82, 2.24) is 25.8 Å². The van der Waals surface area contributed by atoms with Gasteiger partial charge in [-0.05, 0) is 25.7 Å². The second-order valence-electron chi connectivity index (χ2n) is 7.08. The number of hydrogen-bond acceptors (Lipinski definition) is 7. The molecule has 12 heteroatoms. The number of hydrogen-bond donors (Lipinski definition) is 2. The molecular weight excluding hydrogens is 407 g/mol. The fraction of sp³-hybridized carbons (Fsp3) is 0.500. The smallest absolute Gasteiger partial charge is 0.422 e. The van der Waals surface area contributed by atoms with E-state index in [-0.39, 0.29) is 29.1 Å². The van der Waals surface area contributed by atoms with Crippen molar-refractivity contribution in [3.8, 4) is 5.75 Å². The Kier molecular flexibility index (Phi) is 5.68. The molecule has 0 aliphatic heterocycles. The molecule has 1 saturated carbocycles. The first-order chi connectivity index (χ1) is 14.0. The maximum absolute atomic E-state index is 12.8. The van der Waals surface area contributed by atoms with E-state index < -0.39 is 30.1 Å². The first-order valence-corrected chi connectivity index (χ1v) is 9.08. The van der Waals surface area contributed by atoms with Crippen molar-refractivity contribution in [3.05, 3.63) is 35.2 Å². The van der Waals surface area contributed by atoms with Crippen LogP contribution in [0.15, 0.2) is 16.8 Å². The molecule has 2 amide bonds. The molecule has 1 atom stereocenters. The molecular formula is C18H20F3N5O4. The molecule has 1 fully saturated rings. The first-order valence-electron chi connectivity index (χ1n) is 9.08. The molecule has 1 aliphatic rings. The number of likely N-dealkylation sites (N-methyl/N-ethyl adjacent to an activating group) is 1. The molecule has 0 spiro atoms. The van der Waals surface area contributed by atoms with Crippen LogP contribution >= 0.6 is 0 Å². The van der Waals surface area contributed by atoms with Gasteiger partial charge in [0.2, 0.25) is 11.7 Å². The Morgan fingerprint density at radius 3 is 2.57 bits per heavy atom. The lowest BCUT2D eigenvalue weighted by atomic mass is 9.99. The maximum atomic E-state index is 12.8. The zero-order chi connectivity index (χ0) is 22.1. The molecule has 0 bridgehead atoms. The van der Waals surface area contributed by atoms with Gasteiger partial charge in [-0.1, -0.05) is 5.16 Å². The Balaban J connectivity index is 1.88. The third kappa shape index (κ3) is 4.69. The van der Waals surface area contributed by atoms with Crippen LogP contribution in [0, 0.1) is 6.92 Å². The van der Waals surface area contributed by atoms with Crippen LogP contribution in [0.3, 0.4) is 0 Å². The van der Waals surface area contributed by atoms with Gasteiger partial charge in [-0.25, -0.2) is 0 Å². The van der Waals surface area contributed by atoms with E-state index in [9.17, 15) is 22.8 Å². The molecule has 2 aromatic rings. The molecule has 3 rings (SSSR count). The highest BCUT2D eigenvalue weighted by Gasteiger charge is 2.41. The first kappa shape index (κ1) is 21.5. The van der Waals surface area contributed by atoms with E-state index in [0.717, 1.165) is 18.9 Å². The molecule has 1 aliphatic carbocycles. The molecule has 30 heavy (non-hydrogen) atoms. The summed E-state index contributed by atoms with van der Waals surface area (Å²) in [4.78, 5) is 33.3. The number of alkyl halides is 3. The van der Waals surface area contributed by atoms with Crippen LogP contribution < -0.4 is 15.4 Å². The largest absolute Gasteiger partial charge is 0.484 e. The average Bonchev–Trinajstić information content (AvgIpc) is 3.44. The van der Waals surface area contributed by atoms with Gasteiger partial charge in [-0.2, -0.15) is 18.2 Å². The number of nitrogens with zero attached hydrogens (tertiary/aromatic N) is 3. The number of amides is 2. The molecule has 0 radical (unpaired) electrons. The maximum Gasteiger partial charge on any atom is 0.422 e. The summed E-state index contributed by atoms with van der Waals surface area (Å²) >= 11 is 0. The summed E-state index contributed by atoms with van der Waals surface area (Å²) in [6, 6.07) is 1.14. The van der Waals surface area contributed by atoms with Crippen LogP contribution in [0.25, 0.3) is 0 Å². The van der Waals surface area contributed by atoms with Crippen LogP contribution in [0.5, 0.6) is 5.75 Å². The number of nitrogens with one attached hydrogen (secondary N) is 2. The van der Waals surface area contributed by atoms with Gasteiger partial charge in [-0.3, -0.25) is 14.6 Å². The van der Waals surface area contributed by atoms with Gasteiger partial charge in [0.05, 0.1) is 0 Å². The van der Waals surface area contributed by atoms with Crippen LogP contribution in [0.2, 0.25) is 0 Å². The van der Waals surface area contributed by atoms with Crippen LogP contribution in [-0.4, -0.2) is 46.8 Å². The minimum absolute atomic E-state index is 0.0521. The van der Waals surface area contributed by atoms with Gasteiger partial charge in [0.25, 0.3) is 11.8 Å². The van der Waals surface area contributed by atoms with Gasteiger partial charge < -0.3 is 19.9 Å². The normalized spacial score (nSPS) is 15.9. The summed E-state index contributed by atoms with van der Waals surface area (Å²) < 4.78 is 47.6. The Hall–Kier alpha value is -3.18. The predicted octanol–water partition coefficient (Wildman–Crippen LogP) is 1.98. The van der Waals surface area contributed by atoms with Gasteiger partial charge in [-0.15, -0.1) is 0 Å². The standard InChI is InChI=1S/C18H20F3N5O4/c1-9-24-15(26-30-9)17(2,16(28)22-3)25-14(27)12-6-13(29-8-18(19,20)21)11(7-23-12)10-4-5-10/h6-7,10H,4-5,8H2,1-3H3,(H,22,28)(H,25,27)/t17-/m1/s1. The predicted molar refractivity (Wildman–Crippen MR) is 95.7 cm³/mol. The zero-order valence-corrected chi connectivity index (χ0v) is 16.5. The Bertz CT molecular complexity index is 958. The zero-order valence-electron chi connectivity index (χ0n) is 16.5. The SMILES string of the molecule is CNC(=O)[C@](C)(NC(=O)c1cc(OCC(F)(F)F)c(C2CC2)cn1)c1noc(C)n1. The van der Waals surface area contributed by atoms with Crippen LogP contribution in [0.4, 0.5) is 13.2 Å². The fourth-order valence-corrected chi connectivity index (χ4v) is 2.81. The molecule has 0 aromatic carbocycles. The highest BCUT2D eigenvalue weighted by atomic mass is 19.4. The van der Waals surface area contributed by atoms with Gasteiger partial charge in [0.1, 0.15) is 11.4 Å². The Morgan fingerprint density at radius 1 is 1.33 bits per heavy atom. The highest BCUT2D eigenvalue weighted by molar-refractivity contribution is 5.98. The van der Waals surface area contributed by atoms with Crippen molar-refractivity contribution in [2.24, 2.45) is 0 Å². The number of pyridine rings is 1. The van der Waals surface area contributed by atoms with Gasteiger partial charge in [0, 0.05) is 31.8 Å². The van der Waals surface area contributed by atoms with E-state index in [1.54, 1.807) is 0 Å². The average molecular weight is 427 g/mol. The van der Waals surface area contributed by atoms with Crippen LogP contribution in [0.1, 0.15) is 53.5 Å². The number of aryl methyl sites for hydroxylation is 1. The minimum atomic E-state index is -4.53. The molecule has 0 saturated heterocycles. The van der Waals surface area contributed by atoms with Crippen molar-refractivity contribution in [1.29, 1.82) is 0 Å². The number of carbonyl (C=O) groups is 2. The summed E-state index contributed by atoms with van der Waals surface area (Å²) in [6.45, 7) is 1.40. The fourth-order valence-electron chi connectivity index (χ4n) is 2.81. The number of aromatic nitrogens is 3. The van der Waals surface area contributed by atoms with Gasteiger partial charge in [0.15, 0.2) is 12.1 Å². The molecule has 2 N–H and O–H groups in total. The van der Waals surface area contributed by atoms with Crippen LogP contribution in [-0.2, 0) is 10.3 Å². The summed E-state index contributed by atoms with van der Waals surface area (Å²) in [5.74, 6) is -1.36. The molecule has 162 valence electrons. The number of halogens is 3. The number of ether oxygens (including phenoxy) is 1. The molecule has 9 nitrogen and oxygen atoms in total. The Morgan fingerprint density at radius 2 is 2.03 bits per heavy atom.